The molecule has 23 heavy (non-hydrogen) atoms. The Labute approximate surface area is 138 Å². The monoisotopic (exact) mass is 329 g/mol. The highest BCUT2D eigenvalue weighted by Crippen LogP contribution is 2.25. The Morgan fingerprint density at radius 1 is 1.30 bits per heavy atom. The molecule has 1 aromatic carbocycles. The van der Waals surface area contributed by atoms with E-state index < -0.39 is 5.76 Å². The number of benzene rings is 1. The SMILES string of the molecule is CC1=C(Cl)C=C(C(=O)c2cc(C)c3c(c2)oc(=O)n3C)C=CC1. The van der Waals surface area contributed by atoms with Gasteiger partial charge in [-0.1, -0.05) is 29.3 Å². The average Bonchev–Trinajstić information content (AvgIpc) is 2.68. The van der Waals surface area contributed by atoms with Crippen molar-refractivity contribution in [1.82, 2.24) is 4.57 Å². The van der Waals surface area contributed by atoms with Gasteiger partial charge in [-0.05, 0) is 44.0 Å². The summed E-state index contributed by atoms with van der Waals surface area (Å²) in [5.74, 6) is -0.589. The molecule has 0 saturated carbocycles. The van der Waals surface area contributed by atoms with Crippen LogP contribution in [0, 0.1) is 6.92 Å². The third kappa shape index (κ3) is 2.70. The number of rotatable bonds is 2. The highest BCUT2D eigenvalue weighted by atomic mass is 35.5. The minimum atomic E-state index is -0.442. The fourth-order valence-electron chi connectivity index (χ4n) is 2.72. The van der Waals surface area contributed by atoms with E-state index in [9.17, 15) is 9.59 Å². The molecule has 2 aromatic rings. The van der Waals surface area contributed by atoms with Crippen LogP contribution in [0.15, 0.2) is 55.8 Å². The zero-order chi connectivity index (χ0) is 16.7. The molecule has 0 amide bonds. The lowest BCUT2D eigenvalue weighted by Crippen LogP contribution is -2.09. The van der Waals surface area contributed by atoms with Gasteiger partial charge in [0.15, 0.2) is 11.4 Å². The van der Waals surface area contributed by atoms with Crippen LogP contribution >= 0.6 is 11.6 Å². The van der Waals surface area contributed by atoms with Crippen LogP contribution in [0.2, 0.25) is 0 Å². The van der Waals surface area contributed by atoms with Crippen molar-refractivity contribution < 1.29 is 9.21 Å². The van der Waals surface area contributed by atoms with Gasteiger partial charge in [-0.25, -0.2) is 4.79 Å². The Balaban J connectivity index is 2.12. The van der Waals surface area contributed by atoms with E-state index in [0.717, 1.165) is 17.6 Å². The summed E-state index contributed by atoms with van der Waals surface area (Å²) in [4.78, 5) is 24.4. The second kappa shape index (κ2) is 5.70. The number of nitrogens with zero attached hydrogens (tertiary/aromatic N) is 1. The van der Waals surface area contributed by atoms with Crippen LogP contribution in [0.3, 0.4) is 0 Å². The molecule has 4 nitrogen and oxygen atoms in total. The van der Waals surface area contributed by atoms with Crippen molar-refractivity contribution in [2.24, 2.45) is 7.05 Å². The minimum absolute atomic E-state index is 0.148. The molecule has 0 radical (unpaired) electrons. The van der Waals surface area contributed by atoms with Gasteiger partial charge >= 0.3 is 5.76 Å². The largest absolute Gasteiger partial charge is 0.419 e. The van der Waals surface area contributed by atoms with Crippen molar-refractivity contribution in [3.63, 3.8) is 0 Å². The third-order valence-corrected chi connectivity index (χ3v) is 4.44. The molecule has 1 aliphatic carbocycles. The van der Waals surface area contributed by atoms with E-state index in [4.69, 9.17) is 16.0 Å². The van der Waals surface area contributed by atoms with E-state index in [1.165, 1.54) is 4.57 Å². The van der Waals surface area contributed by atoms with Crippen LogP contribution in [0.4, 0.5) is 0 Å². The Morgan fingerprint density at radius 2 is 2.04 bits per heavy atom. The summed E-state index contributed by atoms with van der Waals surface area (Å²) >= 11 is 6.20. The molecule has 1 aromatic heterocycles. The normalized spacial score (nSPS) is 15.0. The lowest BCUT2D eigenvalue weighted by atomic mass is 10.0. The van der Waals surface area contributed by atoms with Gasteiger partial charge in [-0.15, -0.1) is 0 Å². The van der Waals surface area contributed by atoms with Gasteiger partial charge in [0, 0.05) is 23.2 Å². The van der Waals surface area contributed by atoms with Crippen LogP contribution < -0.4 is 5.76 Å². The number of halogens is 1. The zero-order valence-electron chi connectivity index (χ0n) is 13.1. The molecule has 1 aliphatic rings. The Kier molecular flexibility index (Phi) is 3.86. The van der Waals surface area contributed by atoms with Gasteiger partial charge in [0.05, 0.1) is 5.52 Å². The van der Waals surface area contributed by atoms with Gasteiger partial charge in [-0.2, -0.15) is 0 Å². The van der Waals surface area contributed by atoms with Crippen LogP contribution in [0.1, 0.15) is 29.3 Å². The van der Waals surface area contributed by atoms with E-state index in [-0.39, 0.29) is 5.78 Å². The smallest absolute Gasteiger partial charge is 0.408 e. The summed E-state index contributed by atoms with van der Waals surface area (Å²) in [6.07, 6.45) is 6.10. The molecule has 0 N–H and O–H groups in total. The first-order valence-corrected chi connectivity index (χ1v) is 7.64. The maximum Gasteiger partial charge on any atom is 0.419 e. The van der Waals surface area contributed by atoms with Crippen molar-refractivity contribution in [1.29, 1.82) is 0 Å². The molecule has 0 aliphatic heterocycles. The molecule has 3 rings (SSSR count). The maximum atomic E-state index is 12.8. The van der Waals surface area contributed by atoms with E-state index in [1.807, 2.05) is 19.9 Å². The fraction of sp³-hybridized carbons (Fsp3) is 0.222. The number of fused-ring (bicyclic) bond motifs is 1. The van der Waals surface area contributed by atoms with Crippen LogP contribution in [0.5, 0.6) is 0 Å². The van der Waals surface area contributed by atoms with Gasteiger partial charge in [0.25, 0.3) is 0 Å². The Hall–Kier alpha value is -2.33. The number of carbonyl (C=O) groups is 1. The number of ketones is 1. The topological polar surface area (TPSA) is 52.2 Å². The van der Waals surface area contributed by atoms with Crippen molar-refractivity contribution in [2.45, 2.75) is 20.3 Å². The number of aromatic nitrogens is 1. The molecular formula is C18H16ClNO3. The maximum absolute atomic E-state index is 12.8. The summed E-state index contributed by atoms with van der Waals surface area (Å²) in [5.41, 5.74) is 3.94. The van der Waals surface area contributed by atoms with E-state index in [2.05, 4.69) is 0 Å². The van der Waals surface area contributed by atoms with Crippen molar-refractivity contribution >= 4 is 28.5 Å². The summed E-state index contributed by atoms with van der Waals surface area (Å²) in [5, 5.41) is 0.586. The van der Waals surface area contributed by atoms with Crippen LogP contribution in [0.25, 0.3) is 11.1 Å². The van der Waals surface area contributed by atoms with E-state index >= 15 is 0 Å². The van der Waals surface area contributed by atoms with E-state index in [1.54, 1.807) is 31.3 Å². The first kappa shape index (κ1) is 15.6. The van der Waals surface area contributed by atoms with Crippen molar-refractivity contribution in [3.05, 3.63) is 68.2 Å². The molecular weight excluding hydrogens is 314 g/mol. The first-order chi connectivity index (χ1) is 10.9. The van der Waals surface area contributed by atoms with Gasteiger partial charge < -0.3 is 4.42 Å². The second-order valence-corrected chi connectivity index (χ2v) is 6.14. The Morgan fingerprint density at radius 3 is 2.78 bits per heavy atom. The predicted molar refractivity (Wildman–Crippen MR) is 90.9 cm³/mol. The summed E-state index contributed by atoms with van der Waals surface area (Å²) < 4.78 is 6.64. The van der Waals surface area contributed by atoms with Crippen LogP contribution in [-0.4, -0.2) is 10.4 Å². The molecule has 118 valence electrons. The van der Waals surface area contributed by atoms with Gasteiger partial charge in [0.1, 0.15) is 0 Å². The molecule has 0 spiro atoms. The van der Waals surface area contributed by atoms with Gasteiger partial charge in [-0.3, -0.25) is 9.36 Å². The molecule has 0 saturated heterocycles. The Bertz CT molecular complexity index is 970. The fourth-order valence-corrected chi connectivity index (χ4v) is 2.91. The molecule has 0 unspecified atom stereocenters. The standard InChI is InChI=1S/C18H16ClNO3/c1-10-5-4-6-12(8-14(10)19)17(21)13-7-11(2)16-15(9-13)23-18(22)20(16)3/h4,6-9H,5H2,1-3H3. The third-order valence-electron chi connectivity index (χ3n) is 4.01. The second-order valence-electron chi connectivity index (χ2n) is 5.73. The lowest BCUT2D eigenvalue weighted by Gasteiger charge is -2.05. The van der Waals surface area contributed by atoms with Gasteiger partial charge in [0.2, 0.25) is 0 Å². The molecule has 0 fully saturated rings. The number of carbonyl (C=O) groups excluding carboxylic acids is 1. The molecule has 1 heterocycles. The molecule has 5 heteroatoms. The molecule has 0 atom stereocenters. The number of hydrogen-bond donors (Lipinski definition) is 0. The number of allylic oxidation sites excluding steroid dienone is 6. The summed E-state index contributed by atoms with van der Waals surface area (Å²) in [6.45, 7) is 3.79. The summed E-state index contributed by atoms with van der Waals surface area (Å²) in [6, 6.07) is 3.37. The van der Waals surface area contributed by atoms with E-state index in [0.29, 0.717) is 27.3 Å². The zero-order valence-corrected chi connectivity index (χ0v) is 13.9. The van der Waals surface area contributed by atoms with Crippen molar-refractivity contribution in [2.75, 3.05) is 0 Å². The predicted octanol–water partition coefficient (Wildman–Crippen LogP) is 4.02. The number of oxazole rings is 1. The minimum Gasteiger partial charge on any atom is -0.408 e. The number of aryl methyl sites for hydroxylation is 2. The molecule has 0 bridgehead atoms. The number of hydrogen-bond acceptors (Lipinski definition) is 3. The summed E-state index contributed by atoms with van der Waals surface area (Å²) in [7, 11) is 1.65. The average molecular weight is 330 g/mol. The van der Waals surface area contributed by atoms with Crippen molar-refractivity contribution in [3.8, 4) is 0 Å². The quantitative estimate of drug-likeness (QED) is 0.782. The van der Waals surface area contributed by atoms with Crippen LogP contribution in [-0.2, 0) is 7.05 Å². The first-order valence-electron chi connectivity index (χ1n) is 7.27. The highest BCUT2D eigenvalue weighted by molar-refractivity contribution is 6.32. The highest BCUT2D eigenvalue weighted by Gasteiger charge is 2.17. The lowest BCUT2D eigenvalue weighted by molar-refractivity contribution is 0.103. The number of Topliss-reactive ketones (excluding diaryl/α,β-unsaturated/α-hetero) is 1.